The fourth-order valence-electron chi connectivity index (χ4n) is 1.77. The second-order valence-corrected chi connectivity index (χ2v) is 5.59. The van der Waals surface area contributed by atoms with Gasteiger partial charge in [0, 0.05) is 28.9 Å². The third kappa shape index (κ3) is 3.99. The molecule has 1 amide bonds. The van der Waals surface area contributed by atoms with Crippen molar-refractivity contribution in [3.63, 3.8) is 0 Å². The van der Waals surface area contributed by atoms with Crippen molar-refractivity contribution in [2.75, 3.05) is 5.75 Å². The van der Waals surface area contributed by atoms with Gasteiger partial charge in [0.05, 0.1) is 0 Å². The molecule has 0 bridgehead atoms. The van der Waals surface area contributed by atoms with E-state index in [1.807, 2.05) is 36.4 Å². The van der Waals surface area contributed by atoms with Crippen molar-refractivity contribution in [3.05, 3.63) is 54.4 Å². The number of rotatable bonds is 5. The van der Waals surface area contributed by atoms with E-state index in [0.717, 1.165) is 16.7 Å². The number of nitrogens with zero attached hydrogens (tertiary/aromatic N) is 1. The molecule has 98 valence electrons. The highest BCUT2D eigenvalue weighted by Crippen LogP contribution is 2.19. The molecular formula is C14H14N2O2S. The van der Waals surface area contributed by atoms with Crippen LogP contribution in [0.25, 0.3) is 11.1 Å². The zero-order valence-electron chi connectivity index (χ0n) is 10.3. The van der Waals surface area contributed by atoms with Crippen LogP contribution in [0.15, 0.2) is 48.8 Å². The molecule has 2 aromatic rings. The van der Waals surface area contributed by atoms with Crippen LogP contribution in [0.4, 0.5) is 0 Å². The molecule has 5 heteroatoms. The molecule has 4 nitrogen and oxygen atoms in total. The van der Waals surface area contributed by atoms with Crippen LogP contribution in [0.1, 0.15) is 5.56 Å². The van der Waals surface area contributed by atoms with Crippen LogP contribution in [-0.4, -0.2) is 20.9 Å². The highest BCUT2D eigenvalue weighted by Gasteiger charge is 2.06. The summed E-state index contributed by atoms with van der Waals surface area (Å²) in [6.45, 7) is 0. The molecule has 0 aliphatic carbocycles. The lowest BCUT2D eigenvalue weighted by atomic mass is 10.1. The van der Waals surface area contributed by atoms with E-state index in [1.54, 1.807) is 12.4 Å². The number of carbonyl (C=O) groups is 1. The van der Waals surface area contributed by atoms with E-state index in [-0.39, 0.29) is 5.75 Å². The minimum atomic E-state index is -1.26. The summed E-state index contributed by atoms with van der Waals surface area (Å²) in [5.41, 5.74) is 7.97. The number of carbonyl (C=O) groups excluding carboxylic acids is 1. The molecular weight excluding hydrogens is 260 g/mol. The van der Waals surface area contributed by atoms with Gasteiger partial charge in [-0.25, -0.2) is 0 Å². The molecule has 1 aromatic carbocycles. The van der Waals surface area contributed by atoms with Gasteiger partial charge in [-0.1, -0.05) is 30.3 Å². The number of hydrogen-bond donors (Lipinski definition) is 1. The fourth-order valence-corrected chi connectivity index (χ4v) is 2.74. The Morgan fingerprint density at radius 2 is 2.00 bits per heavy atom. The van der Waals surface area contributed by atoms with Gasteiger partial charge in [-0.2, -0.15) is 0 Å². The number of primary amides is 1. The van der Waals surface area contributed by atoms with E-state index in [4.69, 9.17) is 5.73 Å². The van der Waals surface area contributed by atoms with Crippen molar-refractivity contribution in [2.24, 2.45) is 5.73 Å². The van der Waals surface area contributed by atoms with E-state index in [9.17, 15) is 9.00 Å². The summed E-state index contributed by atoms with van der Waals surface area (Å²) in [6, 6.07) is 11.5. The maximum atomic E-state index is 11.7. The molecule has 0 unspecified atom stereocenters. The van der Waals surface area contributed by atoms with E-state index < -0.39 is 16.7 Å². The van der Waals surface area contributed by atoms with Gasteiger partial charge in [0.15, 0.2) is 0 Å². The summed E-state index contributed by atoms with van der Waals surface area (Å²) < 4.78 is 11.7. The van der Waals surface area contributed by atoms with Gasteiger partial charge in [-0.05, 0) is 22.8 Å². The van der Waals surface area contributed by atoms with Crippen LogP contribution < -0.4 is 5.73 Å². The van der Waals surface area contributed by atoms with E-state index in [2.05, 4.69) is 4.98 Å². The first-order chi connectivity index (χ1) is 9.15. The predicted molar refractivity (Wildman–Crippen MR) is 75.6 cm³/mol. The molecule has 1 atom stereocenters. The summed E-state index contributed by atoms with van der Waals surface area (Å²) in [4.78, 5) is 14.8. The standard InChI is InChI=1S/C14H14N2O2S/c15-14(17)10-19(18)9-11-3-1-4-12(7-11)13-5-2-6-16-8-13/h1-8H,9-10H2,(H2,15,17)/t19-/m1/s1. The van der Waals surface area contributed by atoms with Gasteiger partial charge in [-0.15, -0.1) is 0 Å². The molecule has 19 heavy (non-hydrogen) atoms. The Balaban J connectivity index is 2.16. The van der Waals surface area contributed by atoms with Gasteiger partial charge in [0.2, 0.25) is 5.91 Å². The second kappa shape index (κ2) is 6.24. The lowest BCUT2D eigenvalue weighted by molar-refractivity contribution is -0.115. The fraction of sp³-hybridized carbons (Fsp3) is 0.143. The van der Waals surface area contributed by atoms with Crippen LogP contribution in [0.5, 0.6) is 0 Å². The van der Waals surface area contributed by atoms with Gasteiger partial charge in [0.25, 0.3) is 0 Å². The van der Waals surface area contributed by atoms with Gasteiger partial charge in [0.1, 0.15) is 5.75 Å². The third-order valence-electron chi connectivity index (χ3n) is 2.55. The highest BCUT2D eigenvalue weighted by molar-refractivity contribution is 7.84. The maximum Gasteiger partial charge on any atom is 0.230 e. The summed E-state index contributed by atoms with van der Waals surface area (Å²) in [5.74, 6) is -0.310. The predicted octanol–water partition coefficient (Wildman–Crippen LogP) is 1.48. The first-order valence-corrected chi connectivity index (χ1v) is 7.26. The first-order valence-electron chi connectivity index (χ1n) is 5.78. The molecule has 0 aliphatic rings. The van der Waals surface area contributed by atoms with Crippen molar-refractivity contribution >= 4 is 16.7 Å². The first kappa shape index (κ1) is 13.4. The Morgan fingerprint density at radius 1 is 1.21 bits per heavy atom. The van der Waals surface area contributed by atoms with Gasteiger partial charge in [-0.3, -0.25) is 14.0 Å². The number of hydrogen-bond acceptors (Lipinski definition) is 3. The van der Waals surface area contributed by atoms with Gasteiger partial charge < -0.3 is 5.73 Å². The Labute approximate surface area is 114 Å². The molecule has 1 aromatic heterocycles. The van der Waals surface area contributed by atoms with E-state index in [0.29, 0.717) is 5.75 Å². The zero-order chi connectivity index (χ0) is 13.7. The Bertz CT molecular complexity index is 599. The molecule has 2 rings (SSSR count). The van der Waals surface area contributed by atoms with Crippen molar-refractivity contribution in [1.82, 2.24) is 4.98 Å². The quantitative estimate of drug-likeness (QED) is 0.897. The van der Waals surface area contributed by atoms with Gasteiger partial charge >= 0.3 is 0 Å². The van der Waals surface area contributed by atoms with Crippen LogP contribution in [0.2, 0.25) is 0 Å². The van der Waals surface area contributed by atoms with E-state index >= 15 is 0 Å². The Morgan fingerprint density at radius 3 is 2.68 bits per heavy atom. The summed E-state index contributed by atoms with van der Waals surface area (Å²) in [6.07, 6.45) is 3.49. The van der Waals surface area contributed by atoms with Crippen LogP contribution in [0, 0.1) is 0 Å². The Kier molecular flexibility index (Phi) is 4.41. The molecule has 2 N–H and O–H groups in total. The SMILES string of the molecule is NC(=O)C[S@](=O)Cc1cccc(-c2cccnc2)c1. The second-order valence-electron chi connectivity index (χ2n) is 4.14. The summed E-state index contributed by atoms with van der Waals surface area (Å²) in [7, 11) is -1.26. The molecule has 0 saturated heterocycles. The average molecular weight is 274 g/mol. The average Bonchev–Trinajstić information content (AvgIpc) is 2.39. The number of amides is 1. The number of aromatic nitrogens is 1. The molecule has 0 aliphatic heterocycles. The van der Waals surface area contributed by atoms with Crippen LogP contribution in [0.3, 0.4) is 0 Å². The smallest absolute Gasteiger partial charge is 0.230 e. The van der Waals surface area contributed by atoms with Crippen LogP contribution >= 0.6 is 0 Å². The van der Waals surface area contributed by atoms with Crippen molar-refractivity contribution in [2.45, 2.75) is 5.75 Å². The minimum Gasteiger partial charge on any atom is -0.369 e. The lowest BCUT2D eigenvalue weighted by Crippen LogP contribution is -2.20. The molecule has 0 spiro atoms. The molecule has 0 saturated carbocycles. The maximum absolute atomic E-state index is 11.7. The summed E-state index contributed by atoms with van der Waals surface area (Å²) >= 11 is 0. The van der Waals surface area contributed by atoms with Crippen molar-refractivity contribution < 1.29 is 9.00 Å². The highest BCUT2D eigenvalue weighted by atomic mass is 32.2. The minimum absolute atomic E-state index is 0.100. The molecule has 0 radical (unpaired) electrons. The van der Waals surface area contributed by atoms with Crippen molar-refractivity contribution in [3.8, 4) is 11.1 Å². The third-order valence-corrected chi connectivity index (χ3v) is 3.81. The monoisotopic (exact) mass is 274 g/mol. The zero-order valence-corrected chi connectivity index (χ0v) is 11.1. The van der Waals surface area contributed by atoms with Crippen LogP contribution in [-0.2, 0) is 21.3 Å². The molecule has 1 heterocycles. The number of benzene rings is 1. The topological polar surface area (TPSA) is 73.1 Å². The summed E-state index contributed by atoms with van der Waals surface area (Å²) in [5, 5.41) is 0. The Hall–Kier alpha value is -2.01. The lowest BCUT2D eigenvalue weighted by Gasteiger charge is -2.05. The van der Waals surface area contributed by atoms with E-state index in [1.165, 1.54) is 0 Å². The van der Waals surface area contributed by atoms with Crippen molar-refractivity contribution in [1.29, 1.82) is 0 Å². The normalized spacial score (nSPS) is 12.0. The molecule has 0 fully saturated rings. The number of pyridine rings is 1. The number of nitrogens with two attached hydrogens (primary N) is 1. The largest absolute Gasteiger partial charge is 0.369 e.